The van der Waals surface area contributed by atoms with Gasteiger partial charge in [-0.3, -0.25) is 0 Å². The Kier molecular flexibility index (Phi) is 3.85. The summed E-state index contributed by atoms with van der Waals surface area (Å²) >= 11 is 1.37. The van der Waals surface area contributed by atoms with Crippen LogP contribution in [0.3, 0.4) is 0 Å². The predicted octanol–water partition coefficient (Wildman–Crippen LogP) is 1.41. The highest BCUT2D eigenvalue weighted by molar-refractivity contribution is 7.15. The molecule has 5 heteroatoms. The Balaban J connectivity index is 2.41. The molecule has 1 aromatic rings. The van der Waals surface area contributed by atoms with E-state index in [4.69, 9.17) is 5.11 Å². The van der Waals surface area contributed by atoms with Gasteiger partial charge in [0, 0.05) is 6.54 Å². The van der Waals surface area contributed by atoms with Gasteiger partial charge in [0.05, 0.1) is 6.61 Å². The SMILES string of the molecule is CC(C)=CCNc1nnc(CO)s1. The van der Waals surface area contributed by atoms with Gasteiger partial charge in [-0.25, -0.2) is 0 Å². The third-order valence-corrected chi connectivity index (χ3v) is 2.23. The maximum atomic E-state index is 8.73. The Morgan fingerprint density at radius 3 is 2.85 bits per heavy atom. The second-order valence-electron chi connectivity index (χ2n) is 2.82. The Morgan fingerprint density at radius 2 is 2.31 bits per heavy atom. The fourth-order valence-corrected chi connectivity index (χ4v) is 1.34. The number of rotatable bonds is 4. The lowest BCUT2D eigenvalue weighted by Crippen LogP contribution is -1.97. The van der Waals surface area contributed by atoms with Gasteiger partial charge in [-0.1, -0.05) is 23.0 Å². The van der Waals surface area contributed by atoms with Gasteiger partial charge in [0.1, 0.15) is 5.01 Å². The molecule has 1 rings (SSSR count). The minimum atomic E-state index is -0.0397. The van der Waals surface area contributed by atoms with E-state index in [1.165, 1.54) is 16.9 Å². The molecule has 1 heterocycles. The van der Waals surface area contributed by atoms with Crippen molar-refractivity contribution in [2.24, 2.45) is 0 Å². The molecule has 0 saturated carbocycles. The molecule has 0 aliphatic carbocycles. The molecular formula is C8H13N3OS. The molecule has 0 amide bonds. The Morgan fingerprint density at radius 1 is 1.54 bits per heavy atom. The molecule has 0 spiro atoms. The normalized spacial score (nSPS) is 9.77. The maximum absolute atomic E-state index is 8.73. The van der Waals surface area contributed by atoms with Gasteiger partial charge < -0.3 is 10.4 Å². The topological polar surface area (TPSA) is 58.0 Å². The zero-order valence-corrected chi connectivity index (χ0v) is 8.56. The van der Waals surface area contributed by atoms with Crippen LogP contribution < -0.4 is 5.32 Å². The monoisotopic (exact) mass is 199 g/mol. The van der Waals surface area contributed by atoms with Crippen molar-refractivity contribution in [3.63, 3.8) is 0 Å². The minimum Gasteiger partial charge on any atom is -0.389 e. The zero-order chi connectivity index (χ0) is 9.68. The molecule has 0 aliphatic heterocycles. The number of aromatic nitrogens is 2. The van der Waals surface area contributed by atoms with Crippen LogP contribution in [0.2, 0.25) is 0 Å². The van der Waals surface area contributed by atoms with E-state index >= 15 is 0 Å². The number of allylic oxidation sites excluding steroid dienone is 1. The number of anilines is 1. The molecule has 4 nitrogen and oxygen atoms in total. The first-order chi connectivity index (χ1) is 6.22. The van der Waals surface area contributed by atoms with E-state index in [0.717, 1.165) is 11.7 Å². The van der Waals surface area contributed by atoms with Gasteiger partial charge in [-0.2, -0.15) is 0 Å². The molecule has 0 aliphatic rings. The van der Waals surface area contributed by atoms with Crippen molar-refractivity contribution >= 4 is 16.5 Å². The average Bonchev–Trinajstić information content (AvgIpc) is 2.52. The van der Waals surface area contributed by atoms with E-state index < -0.39 is 0 Å². The number of nitrogens with one attached hydrogen (secondary N) is 1. The lowest BCUT2D eigenvalue weighted by Gasteiger charge is -1.95. The number of hydrogen-bond donors (Lipinski definition) is 2. The molecule has 13 heavy (non-hydrogen) atoms. The Bertz CT molecular complexity index is 291. The summed E-state index contributed by atoms with van der Waals surface area (Å²) in [6.07, 6.45) is 2.07. The predicted molar refractivity (Wildman–Crippen MR) is 53.8 cm³/mol. The summed E-state index contributed by atoms with van der Waals surface area (Å²) in [6.45, 7) is 4.80. The van der Waals surface area contributed by atoms with Crippen molar-refractivity contribution in [3.8, 4) is 0 Å². The van der Waals surface area contributed by atoms with Crippen LogP contribution in [0.1, 0.15) is 18.9 Å². The standard InChI is InChI=1S/C8H13N3OS/c1-6(2)3-4-9-8-11-10-7(5-12)13-8/h3,12H,4-5H2,1-2H3,(H,9,11). The lowest BCUT2D eigenvalue weighted by atomic mass is 10.3. The summed E-state index contributed by atoms with van der Waals surface area (Å²) in [4.78, 5) is 0. The van der Waals surface area contributed by atoms with Crippen molar-refractivity contribution in [1.82, 2.24) is 10.2 Å². The summed E-state index contributed by atoms with van der Waals surface area (Å²) in [5.41, 5.74) is 1.26. The first-order valence-corrected chi connectivity index (χ1v) is 4.84. The third kappa shape index (κ3) is 3.52. The molecule has 0 bridgehead atoms. The van der Waals surface area contributed by atoms with Gasteiger partial charge >= 0.3 is 0 Å². The molecular weight excluding hydrogens is 186 g/mol. The molecule has 0 unspecified atom stereocenters. The molecule has 72 valence electrons. The average molecular weight is 199 g/mol. The number of aliphatic hydroxyl groups excluding tert-OH is 1. The van der Waals surface area contributed by atoms with Gasteiger partial charge in [-0.15, -0.1) is 10.2 Å². The molecule has 0 fully saturated rings. The molecule has 0 aromatic carbocycles. The fourth-order valence-electron chi connectivity index (χ4n) is 0.731. The fraction of sp³-hybridized carbons (Fsp3) is 0.500. The van der Waals surface area contributed by atoms with E-state index in [0.29, 0.717) is 5.01 Å². The van der Waals surface area contributed by atoms with Crippen molar-refractivity contribution in [1.29, 1.82) is 0 Å². The summed E-state index contributed by atoms with van der Waals surface area (Å²) in [7, 11) is 0. The Labute approximate surface area is 81.3 Å². The Hall–Kier alpha value is -0.940. The summed E-state index contributed by atoms with van der Waals surface area (Å²) in [5, 5.41) is 20.8. The van der Waals surface area contributed by atoms with E-state index in [9.17, 15) is 0 Å². The largest absolute Gasteiger partial charge is 0.389 e. The third-order valence-electron chi connectivity index (χ3n) is 1.37. The highest BCUT2D eigenvalue weighted by Crippen LogP contribution is 2.14. The zero-order valence-electron chi connectivity index (χ0n) is 7.74. The van der Waals surface area contributed by atoms with Gasteiger partial charge in [0.25, 0.3) is 0 Å². The number of nitrogens with zero attached hydrogens (tertiary/aromatic N) is 2. The highest BCUT2D eigenvalue weighted by atomic mass is 32.1. The minimum absolute atomic E-state index is 0.0397. The van der Waals surface area contributed by atoms with Crippen molar-refractivity contribution in [3.05, 3.63) is 16.7 Å². The van der Waals surface area contributed by atoms with Crippen molar-refractivity contribution < 1.29 is 5.11 Å². The second kappa shape index (κ2) is 4.94. The quantitative estimate of drug-likeness (QED) is 0.720. The van der Waals surface area contributed by atoms with Crippen LogP contribution in [0.4, 0.5) is 5.13 Å². The highest BCUT2D eigenvalue weighted by Gasteiger charge is 1.99. The van der Waals surface area contributed by atoms with Gasteiger partial charge in [0.15, 0.2) is 0 Å². The molecule has 2 N–H and O–H groups in total. The van der Waals surface area contributed by atoms with Crippen LogP contribution in [-0.2, 0) is 6.61 Å². The molecule has 1 aromatic heterocycles. The van der Waals surface area contributed by atoms with Crippen molar-refractivity contribution in [2.45, 2.75) is 20.5 Å². The van der Waals surface area contributed by atoms with Crippen LogP contribution in [0.5, 0.6) is 0 Å². The molecule has 0 saturated heterocycles. The smallest absolute Gasteiger partial charge is 0.206 e. The van der Waals surface area contributed by atoms with E-state index in [-0.39, 0.29) is 6.61 Å². The lowest BCUT2D eigenvalue weighted by molar-refractivity contribution is 0.280. The van der Waals surface area contributed by atoms with Crippen LogP contribution in [-0.4, -0.2) is 21.8 Å². The van der Waals surface area contributed by atoms with E-state index in [1.807, 2.05) is 13.8 Å². The van der Waals surface area contributed by atoms with Crippen LogP contribution in [0.15, 0.2) is 11.6 Å². The van der Waals surface area contributed by atoms with Crippen LogP contribution in [0.25, 0.3) is 0 Å². The second-order valence-corrected chi connectivity index (χ2v) is 3.88. The maximum Gasteiger partial charge on any atom is 0.206 e. The van der Waals surface area contributed by atoms with Gasteiger partial charge in [-0.05, 0) is 13.8 Å². The summed E-state index contributed by atoms with van der Waals surface area (Å²) in [6, 6.07) is 0. The van der Waals surface area contributed by atoms with Crippen LogP contribution in [0, 0.1) is 0 Å². The van der Waals surface area contributed by atoms with E-state index in [2.05, 4.69) is 21.6 Å². The summed E-state index contributed by atoms with van der Waals surface area (Å²) < 4.78 is 0. The van der Waals surface area contributed by atoms with E-state index in [1.54, 1.807) is 0 Å². The molecule has 0 radical (unpaired) electrons. The number of aliphatic hydroxyl groups is 1. The van der Waals surface area contributed by atoms with Crippen LogP contribution >= 0.6 is 11.3 Å². The number of hydrogen-bond acceptors (Lipinski definition) is 5. The van der Waals surface area contributed by atoms with Gasteiger partial charge in [0.2, 0.25) is 5.13 Å². The molecule has 0 atom stereocenters. The first kappa shape index (κ1) is 10.1. The summed E-state index contributed by atoms with van der Waals surface area (Å²) in [5.74, 6) is 0. The van der Waals surface area contributed by atoms with Crippen molar-refractivity contribution in [2.75, 3.05) is 11.9 Å². The first-order valence-electron chi connectivity index (χ1n) is 4.03.